The molecular weight excluding hydrogens is 336 g/mol. The monoisotopic (exact) mass is 370 g/mol. The van der Waals surface area contributed by atoms with Crippen LogP contribution in [0.2, 0.25) is 0 Å². The van der Waals surface area contributed by atoms with Gasteiger partial charge in [0.2, 0.25) is 0 Å². The molecular formula is C20H34O6. The normalized spacial score (nSPS) is 51.4. The van der Waals surface area contributed by atoms with Crippen LogP contribution in [0.5, 0.6) is 0 Å². The summed E-state index contributed by atoms with van der Waals surface area (Å²) in [5.74, 6) is -0.576. The highest BCUT2D eigenvalue weighted by Gasteiger charge is 2.69. The molecule has 3 fully saturated rings. The lowest BCUT2D eigenvalue weighted by molar-refractivity contribution is -0.242. The van der Waals surface area contributed by atoms with Crippen molar-refractivity contribution in [3.8, 4) is 0 Å². The summed E-state index contributed by atoms with van der Waals surface area (Å²) in [7, 11) is 0. The predicted octanol–water partition coefficient (Wildman–Crippen LogP) is 1.80. The van der Waals surface area contributed by atoms with Gasteiger partial charge in [-0.3, -0.25) is 4.79 Å². The molecule has 0 aromatic rings. The van der Waals surface area contributed by atoms with Crippen molar-refractivity contribution >= 4 is 5.97 Å². The maximum Gasteiger partial charge on any atom is 0.304 e. The van der Waals surface area contributed by atoms with Gasteiger partial charge in [0, 0.05) is 16.2 Å². The number of carbonyl (C=O) groups is 1. The van der Waals surface area contributed by atoms with E-state index in [0.717, 1.165) is 19.3 Å². The van der Waals surface area contributed by atoms with Crippen molar-refractivity contribution in [1.29, 1.82) is 0 Å². The zero-order valence-corrected chi connectivity index (χ0v) is 16.2. The summed E-state index contributed by atoms with van der Waals surface area (Å²) in [6.07, 6.45) is 3.10. The van der Waals surface area contributed by atoms with Gasteiger partial charge in [0.05, 0.1) is 37.9 Å². The van der Waals surface area contributed by atoms with E-state index in [2.05, 4.69) is 13.8 Å². The zero-order valence-electron chi connectivity index (χ0n) is 16.2. The summed E-state index contributed by atoms with van der Waals surface area (Å²) in [5, 5.41) is 40.1. The fourth-order valence-corrected chi connectivity index (χ4v) is 6.70. The number of fused-ring (bicyclic) bond motifs is 2. The van der Waals surface area contributed by atoms with Crippen LogP contribution in [0.25, 0.3) is 0 Å². The fraction of sp³-hybridized carbons (Fsp3) is 0.950. The summed E-state index contributed by atoms with van der Waals surface area (Å²) < 4.78 is 6.46. The Hall–Kier alpha value is -0.690. The third-order valence-corrected chi connectivity index (χ3v) is 8.39. The van der Waals surface area contributed by atoms with Gasteiger partial charge in [-0.15, -0.1) is 0 Å². The second-order valence-corrected chi connectivity index (χ2v) is 9.75. The lowest BCUT2D eigenvalue weighted by Crippen LogP contribution is -2.66. The van der Waals surface area contributed by atoms with Crippen LogP contribution in [-0.4, -0.2) is 57.9 Å². The minimum Gasteiger partial charge on any atom is -0.481 e. The van der Waals surface area contributed by atoms with Crippen molar-refractivity contribution in [2.24, 2.45) is 28.1 Å². The molecule has 1 spiro atoms. The lowest BCUT2D eigenvalue weighted by Gasteiger charge is -2.64. The Bertz CT molecular complexity index is 567. The largest absolute Gasteiger partial charge is 0.481 e. The van der Waals surface area contributed by atoms with Crippen LogP contribution in [0.3, 0.4) is 0 Å². The summed E-state index contributed by atoms with van der Waals surface area (Å²) in [6, 6.07) is 0. The molecule has 7 atom stereocenters. The molecule has 1 aliphatic heterocycles. The average Bonchev–Trinajstić information content (AvgIpc) is 2.98. The molecule has 0 bridgehead atoms. The van der Waals surface area contributed by atoms with Crippen LogP contribution in [0, 0.1) is 28.1 Å². The molecule has 0 aromatic carbocycles. The Labute approximate surface area is 155 Å². The van der Waals surface area contributed by atoms with Crippen molar-refractivity contribution in [1.82, 2.24) is 0 Å². The summed E-state index contributed by atoms with van der Waals surface area (Å²) in [4.78, 5) is 11.4. The number of aliphatic hydroxyl groups is 3. The van der Waals surface area contributed by atoms with Crippen molar-refractivity contribution in [3.05, 3.63) is 0 Å². The number of aliphatic carboxylic acids is 1. The number of ether oxygens (including phenoxy) is 1. The van der Waals surface area contributed by atoms with Gasteiger partial charge in [0.15, 0.2) is 0 Å². The first kappa shape index (κ1) is 20.1. The first-order valence-electron chi connectivity index (χ1n) is 9.85. The minimum absolute atomic E-state index is 0.0703. The molecule has 3 rings (SSSR count). The van der Waals surface area contributed by atoms with Gasteiger partial charge >= 0.3 is 5.97 Å². The average molecular weight is 370 g/mol. The molecule has 6 nitrogen and oxygen atoms in total. The number of hydrogen-bond donors (Lipinski definition) is 4. The molecule has 2 saturated carbocycles. The van der Waals surface area contributed by atoms with E-state index >= 15 is 0 Å². The van der Waals surface area contributed by atoms with Crippen LogP contribution in [-0.2, 0) is 9.53 Å². The second kappa shape index (κ2) is 6.43. The van der Waals surface area contributed by atoms with Crippen molar-refractivity contribution in [2.45, 2.75) is 71.0 Å². The van der Waals surface area contributed by atoms with E-state index in [1.54, 1.807) is 0 Å². The van der Waals surface area contributed by atoms with Gasteiger partial charge < -0.3 is 25.2 Å². The molecule has 1 saturated heterocycles. The number of carboxylic acid groups (broad SMARTS) is 1. The van der Waals surface area contributed by atoms with Gasteiger partial charge in [-0.05, 0) is 43.9 Å². The van der Waals surface area contributed by atoms with Gasteiger partial charge in [0.1, 0.15) is 0 Å². The SMILES string of the molecule is C[C@@H]1CCC2[C@](C)(CO)[C@@H](O)CC[C@]2(C)[C@@]12CC(CO)(CC(=O)O)CO2. The van der Waals surface area contributed by atoms with Crippen molar-refractivity contribution < 1.29 is 30.0 Å². The Morgan fingerprint density at radius 1 is 1.15 bits per heavy atom. The zero-order chi connectivity index (χ0) is 19.4. The number of hydrogen-bond acceptors (Lipinski definition) is 5. The van der Waals surface area contributed by atoms with Crippen LogP contribution in [0.1, 0.15) is 59.3 Å². The van der Waals surface area contributed by atoms with Crippen LogP contribution in [0.15, 0.2) is 0 Å². The third kappa shape index (κ3) is 2.56. The molecule has 2 unspecified atom stereocenters. The summed E-state index contributed by atoms with van der Waals surface area (Å²) in [6.45, 7) is 6.31. The highest BCUT2D eigenvalue weighted by molar-refractivity contribution is 5.68. The molecule has 26 heavy (non-hydrogen) atoms. The van der Waals surface area contributed by atoms with Crippen LogP contribution >= 0.6 is 0 Å². The van der Waals surface area contributed by atoms with E-state index in [9.17, 15) is 25.2 Å². The highest BCUT2D eigenvalue weighted by atomic mass is 16.5. The molecule has 2 aliphatic carbocycles. The maximum atomic E-state index is 11.4. The Kier molecular flexibility index (Phi) is 4.96. The van der Waals surface area contributed by atoms with Crippen LogP contribution in [0.4, 0.5) is 0 Å². The van der Waals surface area contributed by atoms with E-state index in [-0.39, 0.29) is 43.5 Å². The van der Waals surface area contributed by atoms with Gasteiger partial charge in [-0.25, -0.2) is 0 Å². The van der Waals surface area contributed by atoms with E-state index in [4.69, 9.17) is 4.74 Å². The number of aliphatic hydroxyl groups excluding tert-OH is 3. The predicted molar refractivity (Wildman–Crippen MR) is 95.5 cm³/mol. The quantitative estimate of drug-likeness (QED) is 0.601. The molecule has 6 heteroatoms. The number of carboxylic acids is 1. The van der Waals surface area contributed by atoms with Crippen LogP contribution < -0.4 is 0 Å². The van der Waals surface area contributed by atoms with Gasteiger partial charge in [-0.2, -0.15) is 0 Å². The van der Waals surface area contributed by atoms with E-state index < -0.39 is 28.5 Å². The van der Waals surface area contributed by atoms with E-state index in [1.165, 1.54) is 0 Å². The van der Waals surface area contributed by atoms with E-state index in [0.29, 0.717) is 12.8 Å². The molecule has 3 aliphatic rings. The van der Waals surface area contributed by atoms with Gasteiger partial charge in [0.25, 0.3) is 0 Å². The smallest absolute Gasteiger partial charge is 0.304 e. The van der Waals surface area contributed by atoms with Crippen molar-refractivity contribution in [2.75, 3.05) is 19.8 Å². The number of rotatable bonds is 4. The summed E-state index contributed by atoms with van der Waals surface area (Å²) >= 11 is 0. The lowest BCUT2D eigenvalue weighted by atomic mass is 9.43. The Morgan fingerprint density at radius 3 is 2.42 bits per heavy atom. The van der Waals surface area contributed by atoms with Gasteiger partial charge in [-0.1, -0.05) is 20.8 Å². The Balaban J connectivity index is 2.02. The third-order valence-electron chi connectivity index (χ3n) is 8.39. The Morgan fingerprint density at radius 2 is 1.85 bits per heavy atom. The highest BCUT2D eigenvalue weighted by Crippen LogP contribution is 2.67. The molecule has 0 aromatic heterocycles. The first-order valence-corrected chi connectivity index (χ1v) is 9.85. The molecule has 150 valence electrons. The molecule has 0 radical (unpaired) electrons. The fourth-order valence-electron chi connectivity index (χ4n) is 6.70. The summed E-state index contributed by atoms with van der Waals surface area (Å²) in [5.41, 5.74) is -2.13. The maximum absolute atomic E-state index is 11.4. The first-order chi connectivity index (χ1) is 12.1. The molecule has 0 amide bonds. The standard InChI is InChI=1S/C20H34O6/c1-13-4-5-14-17(2,10-21)15(23)6-7-18(14,3)20(13)9-19(11-22,12-26-20)8-16(24)25/h13-15,21-23H,4-12H2,1-3H3,(H,24,25)/t13-,14?,15+,17+,18+,19?,20-/m1/s1. The topological polar surface area (TPSA) is 107 Å². The minimum atomic E-state index is -0.913. The van der Waals surface area contributed by atoms with E-state index in [1.807, 2.05) is 6.92 Å². The molecule has 1 heterocycles. The molecule has 4 N–H and O–H groups in total. The second-order valence-electron chi connectivity index (χ2n) is 9.75. The van der Waals surface area contributed by atoms with Crippen molar-refractivity contribution in [3.63, 3.8) is 0 Å².